The molecule has 2 rings (SSSR count). The van der Waals surface area contributed by atoms with Crippen molar-refractivity contribution in [3.63, 3.8) is 0 Å². The zero-order valence-electron chi connectivity index (χ0n) is 9.23. The minimum Gasteiger partial charge on any atom is -0.315 e. The van der Waals surface area contributed by atoms with Crippen LogP contribution in [-0.4, -0.2) is 31.7 Å². The lowest BCUT2D eigenvalue weighted by Gasteiger charge is -2.11. The van der Waals surface area contributed by atoms with Crippen molar-refractivity contribution >= 4 is 21.4 Å². The molecule has 17 heavy (non-hydrogen) atoms. The number of hydrogen-bond donors (Lipinski definition) is 3. The van der Waals surface area contributed by atoms with Crippen LogP contribution in [0.1, 0.15) is 18.5 Å². The average molecular weight is 277 g/mol. The summed E-state index contributed by atoms with van der Waals surface area (Å²) in [5.74, 6) is 0.0986. The average Bonchev–Trinajstić information content (AvgIpc) is 2.86. The summed E-state index contributed by atoms with van der Waals surface area (Å²) >= 11 is 1.03. The first-order valence-corrected chi connectivity index (χ1v) is 7.96. The van der Waals surface area contributed by atoms with Crippen LogP contribution in [-0.2, 0) is 16.6 Å². The van der Waals surface area contributed by atoms with Gasteiger partial charge in [0.05, 0.1) is 12.3 Å². The van der Waals surface area contributed by atoms with E-state index in [9.17, 15) is 13.2 Å². The third kappa shape index (κ3) is 3.91. The highest BCUT2D eigenvalue weighted by Gasteiger charge is 2.21. The highest BCUT2D eigenvalue weighted by molar-refractivity contribution is 7.89. The maximum Gasteiger partial charge on any atom is 0.304 e. The van der Waals surface area contributed by atoms with Crippen LogP contribution in [0.4, 0.5) is 0 Å². The minimum absolute atomic E-state index is 0.0500. The molecule has 8 heteroatoms. The Hall–Kier alpha value is -0.700. The summed E-state index contributed by atoms with van der Waals surface area (Å²) < 4.78 is 25.9. The maximum atomic E-state index is 11.7. The third-order valence-corrected chi connectivity index (χ3v) is 4.78. The second-order valence-electron chi connectivity index (χ2n) is 4.07. The van der Waals surface area contributed by atoms with Crippen molar-refractivity contribution in [3.05, 3.63) is 20.7 Å². The Kier molecular flexibility index (Phi) is 3.97. The maximum absolute atomic E-state index is 11.7. The van der Waals surface area contributed by atoms with E-state index in [0.717, 1.165) is 30.7 Å². The smallest absolute Gasteiger partial charge is 0.304 e. The van der Waals surface area contributed by atoms with Gasteiger partial charge in [-0.05, 0) is 19.4 Å². The van der Waals surface area contributed by atoms with Gasteiger partial charge < -0.3 is 10.3 Å². The monoisotopic (exact) mass is 277 g/mol. The molecule has 1 aromatic rings. The van der Waals surface area contributed by atoms with Gasteiger partial charge in [0, 0.05) is 17.1 Å². The molecule has 1 saturated heterocycles. The van der Waals surface area contributed by atoms with Crippen molar-refractivity contribution < 1.29 is 8.42 Å². The van der Waals surface area contributed by atoms with Crippen LogP contribution in [0, 0.1) is 0 Å². The second kappa shape index (κ2) is 5.30. The van der Waals surface area contributed by atoms with Gasteiger partial charge in [-0.25, -0.2) is 13.1 Å². The summed E-state index contributed by atoms with van der Waals surface area (Å²) in [6, 6.07) is 0.0500. The number of nitrogens with one attached hydrogen (secondary N) is 3. The largest absolute Gasteiger partial charge is 0.315 e. The van der Waals surface area contributed by atoms with Crippen LogP contribution in [0.25, 0.3) is 0 Å². The standard InChI is InChI=1S/C9H15N3O3S2/c13-9-12-8(5-16-9)4-11-17(14,15)6-7-2-1-3-10-7/h5,7,10-11H,1-4,6H2,(H,12,13). The molecule has 0 radical (unpaired) electrons. The molecule has 1 aromatic heterocycles. The normalized spacial score (nSPS) is 20.8. The predicted octanol–water partition coefficient (Wildman–Crippen LogP) is -0.392. The number of hydrogen-bond acceptors (Lipinski definition) is 5. The zero-order valence-corrected chi connectivity index (χ0v) is 10.9. The molecule has 6 nitrogen and oxygen atoms in total. The van der Waals surface area contributed by atoms with Crippen LogP contribution in [0.2, 0.25) is 0 Å². The molecule has 2 heterocycles. The van der Waals surface area contributed by atoms with E-state index in [1.807, 2.05) is 0 Å². The fraction of sp³-hybridized carbons (Fsp3) is 0.667. The number of aromatic amines is 1. The van der Waals surface area contributed by atoms with Crippen molar-refractivity contribution in [1.82, 2.24) is 15.0 Å². The van der Waals surface area contributed by atoms with Gasteiger partial charge >= 0.3 is 4.87 Å². The Balaban J connectivity index is 1.86. The molecular weight excluding hydrogens is 262 g/mol. The van der Waals surface area contributed by atoms with Crippen LogP contribution in [0.15, 0.2) is 10.2 Å². The zero-order chi connectivity index (χ0) is 12.3. The summed E-state index contributed by atoms with van der Waals surface area (Å²) in [7, 11) is -3.28. The lowest BCUT2D eigenvalue weighted by Crippen LogP contribution is -2.36. The molecule has 0 bridgehead atoms. The van der Waals surface area contributed by atoms with Gasteiger partial charge in [0.15, 0.2) is 0 Å². The Morgan fingerprint density at radius 1 is 1.53 bits per heavy atom. The summed E-state index contributed by atoms with van der Waals surface area (Å²) in [6.07, 6.45) is 1.92. The van der Waals surface area contributed by atoms with E-state index >= 15 is 0 Å². The lowest BCUT2D eigenvalue weighted by atomic mass is 10.3. The highest BCUT2D eigenvalue weighted by Crippen LogP contribution is 2.07. The van der Waals surface area contributed by atoms with E-state index in [-0.39, 0.29) is 23.2 Å². The van der Waals surface area contributed by atoms with Gasteiger partial charge in [-0.3, -0.25) is 4.79 Å². The Labute approximate surface area is 103 Å². The topological polar surface area (TPSA) is 91.1 Å². The summed E-state index contributed by atoms with van der Waals surface area (Å²) in [5, 5.41) is 4.76. The van der Waals surface area contributed by atoms with Gasteiger partial charge in [-0.2, -0.15) is 0 Å². The molecule has 96 valence electrons. The van der Waals surface area contributed by atoms with Crippen LogP contribution >= 0.6 is 11.3 Å². The van der Waals surface area contributed by atoms with Crippen LogP contribution < -0.4 is 14.9 Å². The Morgan fingerprint density at radius 2 is 2.35 bits per heavy atom. The molecule has 1 fully saturated rings. The van der Waals surface area contributed by atoms with Crippen LogP contribution in [0.5, 0.6) is 0 Å². The molecule has 0 spiro atoms. The minimum atomic E-state index is -3.28. The third-order valence-electron chi connectivity index (χ3n) is 2.64. The molecule has 1 aliphatic heterocycles. The molecule has 0 amide bonds. The van der Waals surface area contributed by atoms with E-state index in [0.29, 0.717) is 5.69 Å². The molecule has 0 saturated carbocycles. The van der Waals surface area contributed by atoms with Crippen LogP contribution in [0.3, 0.4) is 0 Å². The summed E-state index contributed by atoms with van der Waals surface area (Å²) in [6.45, 7) is 1.03. The number of aromatic nitrogens is 1. The van der Waals surface area contributed by atoms with E-state index in [1.165, 1.54) is 0 Å². The molecule has 1 unspecified atom stereocenters. The van der Waals surface area contributed by atoms with Gasteiger partial charge in [0.2, 0.25) is 10.0 Å². The van der Waals surface area contributed by atoms with E-state index < -0.39 is 10.0 Å². The Bertz CT molecular complexity index is 514. The van der Waals surface area contributed by atoms with E-state index in [4.69, 9.17) is 0 Å². The lowest BCUT2D eigenvalue weighted by molar-refractivity contribution is 0.563. The van der Waals surface area contributed by atoms with E-state index in [2.05, 4.69) is 15.0 Å². The van der Waals surface area contributed by atoms with Crippen molar-refractivity contribution in [2.45, 2.75) is 25.4 Å². The Morgan fingerprint density at radius 3 is 2.94 bits per heavy atom. The van der Waals surface area contributed by atoms with Crippen molar-refractivity contribution in [2.24, 2.45) is 0 Å². The fourth-order valence-corrected chi connectivity index (χ4v) is 3.70. The molecular formula is C9H15N3O3S2. The number of sulfonamides is 1. The van der Waals surface area contributed by atoms with Crippen molar-refractivity contribution in [3.8, 4) is 0 Å². The number of H-pyrrole nitrogens is 1. The first-order valence-electron chi connectivity index (χ1n) is 5.42. The SMILES string of the molecule is O=c1[nH]c(CNS(=O)(=O)CC2CCCN2)cs1. The molecule has 3 N–H and O–H groups in total. The molecule has 1 atom stereocenters. The molecule has 1 aliphatic rings. The first kappa shape index (κ1) is 12.7. The van der Waals surface area contributed by atoms with Crippen molar-refractivity contribution in [2.75, 3.05) is 12.3 Å². The van der Waals surface area contributed by atoms with Gasteiger partial charge in [0.25, 0.3) is 0 Å². The summed E-state index contributed by atoms with van der Waals surface area (Å²) in [5.41, 5.74) is 0.600. The fourth-order valence-electron chi connectivity index (χ4n) is 1.81. The molecule has 0 aliphatic carbocycles. The van der Waals surface area contributed by atoms with Crippen molar-refractivity contribution in [1.29, 1.82) is 0 Å². The van der Waals surface area contributed by atoms with Gasteiger partial charge in [-0.1, -0.05) is 11.3 Å². The quantitative estimate of drug-likeness (QED) is 0.683. The summed E-state index contributed by atoms with van der Waals surface area (Å²) in [4.78, 5) is 13.3. The number of thiazole rings is 1. The highest BCUT2D eigenvalue weighted by atomic mass is 32.2. The number of rotatable bonds is 5. The van der Waals surface area contributed by atoms with E-state index in [1.54, 1.807) is 5.38 Å². The second-order valence-corrected chi connectivity index (χ2v) is 6.76. The van der Waals surface area contributed by atoms with Gasteiger partial charge in [-0.15, -0.1) is 0 Å². The molecule has 0 aromatic carbocycles. The van der Waals surface area contributed by atoms with Gasteiger partial charge in [0.1, 0.15) is 0 Å². The first-order chi connectivity index (χ1) is 8.05. The predicted molar refractivity (Wildman–Crippen MR) is 66.6 cm³/mol.